The van der Waals surface area contributed by atoms with Crippen molar-refractivity contribution in [2.24, 2.45) is 0 Å². The maximum Gasteiger partial charge on any atom is 0.257 e. The minimum Gasteiger partial charge on any atom is -0.497 e. The van der Waals surface area contributed by atoms with Crippen LogP contribution in [0.2, 0.25) is 0 Å². The summed E-state index contributed by atoms with van der Waals surface area (Å²) in [6.45, 7) is 0. The summed E-state index contributed by atoms with van der Waals surface area (Å²) in [6.07, 6.45) is 0. The SMILES string of the molecule is COc1cccc(NC(=O)c2ccccc2NC(=O)c2cccc(C#N)c2)c1. The largest absolute Gasteiger partial charge is 0.497 e. The van der Waals surface area contributed by atoms with E-state index in [1.165, 1.54) is 6.07 Å². The van der Waals surface area contributed by atoms with Crippen molar-refractivity contribution in [3.63, 3.8) is 0 Å². The highest BCUT2D eigenvalue weighted by Gasteiger charge is 2.15. The van der Waals surface area contributed by atoms with Gasteiger partial charge in [-0.1, -0.05) is 24.3 Å². The van der Waals surface area contributed by atoms with Gasteiger partial charge in [-0.25, -0.2) is 0 Å². The molecule has 0 spiro atoms. The Balaban J connectivity index is 1.81. The molecule has 0 aliphatic carbocycles. The van der Waals surface area contributed by atoms with Gasteiger partial charge in [-0.15, -0.1) is 0 Å². The van der Waals surface area contributed by atoms with Gasteiger partial charge in [0.25, 0.3) is 11.8 Å². The van der Waals surface area contributed by atoms with Crippen molar-refractivity contribution < 1.29 is 14.3 Å². The van der Waals surface area contributed by atoms with Crippen molar-refractivity contribution in [2.45, 2.75) is 0 Å². The van der Waals surface area contributed by atoms with Gasteiger partial charge < -0.3 is 15.4 Å². The molecule has 3 aromatic carbocycles. The second-order valence-corrected chi connectivity index (χ2v) is 5.88. The minimum atomic E-state index is -0.404. The first-order chi connectivity index (χ1) is 13.6. The van der Waals surface area contributed by atoms with Crippen LogP contribution in [0.5, 0.6) is 5.75 Å². The zero-order valence-corrected chi connectivity index (χ0v) is 15.1. The molecule has 3 rings (SSSR count). The van der Waals surface area contributed by atoms with Crippen molar-refractivity contribution in [1.29, 1.82) is 5.26 Å². The van der Waals surface area contributed by atoms with Gasteiger partial charge in [0.15, 0.2) is 0 Å². The van der Waals surface area contributed by atoms with E-state index in [0.29, 0.717) is 33.8 Å². The van der Waals surface area contributed by atoms with Crippen molar-refractivity contribution in [1.82, 2.24) is 0 Å². The zero-order valence-electron chi connectivity index (χ0n) is 15.1. The van der Waals surface area contributed by atoms with Gasteiger partial charge in [-0.3, -0.25) is 9.59 Å². The summed E-state index contributed by atoms with van der Waals surface area (Å²) in [7, 11) is 1.55. The van der Waals surface area contributed by atoms with Gasteiger partial charge in [0.2, 0.25) is 0 Å². The molecule has 0 aliphatic heterocycles. The number of hydrogen-bond donors (Lipinski definition) is 2. The van der Waals surface area contributed by atoms with Crippen LogP contribution in [0.15, 0.2) is 72.8 Å². The molecule has 0 saturated heterocycles. The third-order valence-corrected chi connectivity index (χ3v) is 4.00. The molecule has 3 aromatic rings. The normalized spacial score (nSPS) is 9.86. The number of methoxy groups -OCH3 is 1. The Morgan fingerprint density at radius 2 is 1.68 bits per heavy atom. The van der Waals surface area contributed by atoms with E-state index < -0.39 is 5.91 Å². The van der Waals surface area contributed by atoms with Crippen LogP contribution >= 0.6 is 0 Å². The fourth-order valence-electron chi connectivity index (χ4n) is 2.61. The Labute approximate surface area is 162 Å². The molecule has 0 aromatic heterocycles. The number of amides is 2. The Bertz CT molecular complexity index is 1070. The van der Waals surface area contributed by atoms with Gasteiger partial charge in [0.05, 0.1) is 30.0 Å². The quantitative estimate of drug-likeness (QED) is 0.707. The summed E-state index contributed by atoms with van der Waals surface area (Å²) in [5, 5.41) is 14.5. The van der Waals surface area contributed by atoms with E-state index in [-0.39, 0.29) is 5.91 Å². The average molecular weight is 371 g/mol. The number of para-hydroxylation sites is 1. The first kappa shape index (κ1) is 18.7. The summed E-state index contributed by atoms with van der Waals surface area (Å²) >= 11 is 0. The molecule has 2 N–H and O–H groups in total. The van der Waals surface area contributed by atoms with E-state index in [9.17, 15) is 9.59 Å². The second-order valence-electron chi connectivity index (χ2n) is 5.88. The Morgan fingerprint density at radius 3 is 2.46 bits per heavy atom. The minimum absolute atomic E-state index is 0.315. The van der Waals surface area contributed by atoms with Crippen molar-refractivity contribution in [3.05, 3.63) is 89.5 Å². The molecule has 0 atom stereocenters. The zero-order chi connectivity index (χ0) is 19.9. The molecule has 0 aliphatic rings. The van der Waals surface area contributed by atoms with Crippen LogP contribution in [0, 0.1) is 11.3 Å². The first-order valence-corrected chi connectivity index (χ1v) is 8.46. The number of carbonyl (C=O) groups excluding carboxylic acids is 2. The van der Waals surface area contributed by atoms with E-state index in [4.69, 9.17) is 10.00 Å². The van der Waals surface area contributed by atoms with Gasteiger partial charge in [-0.2, -0.15) is 5.26 Å². The molecule has 0 radical (unpaired) electrons. The molecule has 28 heavy (non-hydrogen) atoms. The Kier molecular flexibility index (Phi) is 5.68. The molecule has 6 nitrogen and oxygen atoms in total. The smallest absolute Gasteiger partial charge is 0.257 e. The second kappa shape index (κ2) is 8.52. The fourth-order valence-corrected chi connectivity index (χ4v) is 2.61. The number of hydrogen-bond acceptors (Lipinski definition) is 4. The Morgan fingerprint density at radius 1 is 0.893 bits per heavy atom. The van der Waals surface area contributed by atoms with Gasteiger partial charge in [-0.05, 0) is 42.5 Å². The fraction of sp³-hybridized carbons (Fsp3) is 0.0455. The van der Waals surface area contributed by atoms with Crippen molar-refractivity contribution >= 4 is 23.2 Å². The number of nitrogens with zero attached hydrogens (tertiary/aromatic N) is 1. The van der Waals surface area contributed by atoms with E-state index in [0.717, 1.165) is 0 Å². The third-order valence-electron chi connectivity index (χ3n) is 4.00. The highest BCUT2D eigenvalue weighted by molar-refractivity contribution is 6.12. The van der Waals surface area contributed by atoms with Gasteiger partial charge in [0.1, 0.15) is 5.75 Å². The van der Waals surface area contributed by atoms with E-state index in [2.05, 4.69) is 10.6 Å². The number of rotatable bonds is 5. The number of nitrogens with one attached hydrogen (secondary N) is 2. The van der Waals surface area contributed by atoms with E-state index in [1.807, 2.05) is 6.07 Å². The first-order valence-electron chi connectivity index (χ1n) is 8.46. The predicted molar refractivity (Wildman–Crippen MR) is 106 cm³/mol. The summed E-state index contributed by atoms with van der Waals surface area (Å²) in [5.41, 5.74) is 1.98. The highest BCUT2D eigenvalue weighted by Crippen LogP contribution is 2.21. The molecule has 0 fully saturated rings. The molecule has 0 unspecified atom stereocenters. The summed E-state index contributed by atoms with van der Waals surface area (Å²) in [6, 6.07) is 22.0. The molecule has 138 valence electrons. The molecule has 0 heterocycles. The van der Waals surface area contributed by atoms with E-state index in [1.54, 1.807) is 73.8 Å². The number of nitriles is 1. The number of anilines is 2. The van der Waals surface area contributed by atoms with Crippen LogP contribution in [-0.2, 0) is 0 Å². The average Bonchev–Trinajstić information content (AvgIpc) is 2.74. The third kappa shape index (κ3) is 4.34. The van der Waals surface area contributed by atoms with E-state index >= 15 is 0 Å². The standard InChI is InChI=1S/C22H17N3O3/c1-28-18-9-5-8-17(13-18)24-22(27)19-10-2-3-11-20(19)25-21(26)16-7-4-6-15(12-16)14-23/h2-13H,1H3,(H,24,27)(H,25,26). The predicted octanol–water partition coefficient (Wildman–Crippen LogP) is 4.07. The maximum absolute atomic E-state index is 12.7. The topological polar surface area (TPSA) is 91.2 Å². The van der Waals surface area contributed by atoms with Gasteiger partial charge in [0, 0.05) is 17.3 Å². The molecule has 2 amide bonds. The van der Waals surface area contributed by atoms with Crippen LogP contribution in [-0.4, -0.2) is 18.9 Å². The molecule has 0 saturated carbocycles. The van der Waals surface area contributed by atoms with Crippen LogP contribution < -0.4 is 15.4 Å². The molecular weight excluding hydrogens is 354 g/mol. The van der Waals surface area contributed by atoms with Crippen LogP contribution in [0.1, 0.15) is 26.3 Å². The summed E-state index contributed by atoms with van der Waals surface area (Å²) < 4.78 is 5.16. The maximum atomic E-state index is 12.7. The number of carbonyl (C=O) groups is 2. The van der Waals surface area contributed by atoms with Crippen molar-refractivity contribution in [2.75, 3.05) is 17.7 Å². The lowest BCUT2D eigenvalue weighted by Gasteiger charge is -2.12. The summed E-state index contributed by atoms with van der Waals surface area (Å²) in [5.74, 6) is -0.148. The lowest BCUT2D eigenvalue weighted by molar-refractivity contribution is 0.102. The van der Waals surface area contributed by atoms with Crippen LogP contribution in [0.4, 0.5) is 11.4 Å². The van der Waals surface area contributed by atoms with Crippen LogP contribution in [0.3, 0.4) is 0 Å². The Hall–Kier alpha value is -4.11. The lowest BCUT2D eigenvalue weighted by Crippen LogP contribution is -2.18. The lowest BCUT2D eigenvalue weighted by atomic mass is 10.1. The summed E-state index contributed by atoms with van der Waals surface area (Å²) in [4.78, 5) is 25.2. The van der Waals surface area contributed by atoms with Gasteiger partial charge >= 0.3 is 0 Å². The molecule has 0 bridgehead atoms. The molecular formula is C22H17N3O3. The number of ether oxygens (including phenoxy) is 1. The monoisotopic (exact) mass is 371 g/mol. The number of benzene rings is 3. The van der Waals surface area contributed by atoms with Crippen LogP contribution in [0.25, 0.3) is 0 Å². The highest BCUT2D eigenvalue weighted by atomic mass is 16.5. The van der Waals surface area contributed by atoms with Crippen molar-refractivity contribution in [3.8, 4) is 11.8 Å². The molecule has 6 heteroatoms.